The molecular formula is C15H21N3O. The van der Waals surface area contributed by atoms with E-state index in [2.05, 4.69) is 43.0 Å². The van der Waals surface area contributed by atoms with E-state index in [-0.39, 0.29) is 11.5 Å². The summed E-state index contributed by atoms with van der Waals surface area (Å²) in [5, 5.41) is 4.10. The summed E-state index contributed by atoms with van der Waals surface area (Å²) in [5.74, 6) is 1.21. The van der Waals surface area contributed by atoms with Crippen LogP contribution in [0.5, 0.6) is 0 Å². The topological polar surface area (TPSA) is 64.9 Å². The molecule has 2 N–H and O–H groups in total. The third-order valence-electron chi connectivity index (χ3n) is 3.41. The van der Waals surface area contributed by atoms with Crippen LogP contribution < -0.4 is 5.73 Å². The fourth-order valence-electron chi connectivity index (χ4n) is 2.06. The lowest BCUT2D eigenvalue weighted by atomic mass is 9.84. The molecule has 4 heteroatoms. The van der Waals surface area contributed by atoms with Gasteiger partial charge >= 0.3 is 0 Å². The van der Waals surface area contributed by atoms with Crippen LogP contribution in [-0.2, 0) is 5.41 Å². The van der Waals surface area contributed by atoms with Crippen molar-refractivity contribution in [3.8, 4) is 0 Å². The van der Waals surface area contributed by atoms with Crippen molar-refractivity contribution in [1.82, 2.24) is 10.1 Å². The third-order valence-corrected chi connectivity index (χ3v) is 3.41. The van der Waals surface area contributed by atoms with Gasteiger partial charge in [-0.3, -0.25) is 0 Å². The molecular weight excluding hydrogens is 238 g/mol. The number of hydrogen-bond donors (Lipinski definition) is 1. The average molecular weight is 259 g/mol. The molecule has 1 heterocycles. The van der Waals surface area contributed by atoms with Crippen molar-refractivity contribution >= 4 is 0 Å². The Morgan fingerprint density at radius 2 is 1.95 bits per heavy atom. The lowest BCUT2D eigenvalue weighted by molar-refractivity contribution is 0.340. The Hall–Kier alpha value is -1.68. The molecule has 0 radical (unpaired) electrons. The van der Waals surface area contributed by atoms with Gasteiger partial charge in [0.05, 0.1) is 11.5 Å². The molecule has 0 fully saturated rings. The molecule has 1 atom stereocenters. The maximum atomic E-state index is 6.00. The Balaban J connectivity index is 2.27. The summed E-state index contributed by atoms with van der Waals surface area (Å²) in [5.41, 5.74) is 6.88. The summed E-state index contributed by atoms with van der Waals surface area (Å²) < 4.78 is 5.30. The van der Waals surface area contributed by atoms with Crippen LogP contribution in [-0.4, -0.2) is 10.1 Å². The highest BCUT2D eigenvalue weighted by Crippen LogP contribution is 2.29. The maximum absolute atomic E-state index is 6.00. The Bertz CT molecular complexity index is 519. The Morgan fingerprint density at radius 1 is 1.26 bits per heavy atom. The average Bonchev–Trinajstić information content (AvgIpc) is 2.90. The Labute approximate surface area is 114 Å². The molecule has 0 aliphatic heterocycles. The quantitative estimate of drug-likeness (QED) is 0.895. The molecule has 0 saturated heterocycles. The Morgan fingerprint density at radius 3 is 2.58 bits per heavy atom. The minimum absolute atomic E-state index is 0.169. The van der Waals surface area contributed by atoms with E-state index in [1.807, 2.05) is 18.2 Å². The molecule has 102 valence electrons. The van der Waals surface area contributed by atoms with E-state index in [4.69, 9.17) is 10.3 Å². The van der Waals surface area contributed by atoms with Gasteiger partial charge in [-0.15, -0.1) is 0 Å². The normalized spacial score (nSPS) is 13.5. The van der Waals surface area contributed by atoms with Crippen molar-refractivity contribution in [1.29, 1.82) is 0 Å². The zero-order valence-electron chi connectivity index (χ0n) is 11.8. The lowest BCUT2D eigenvalue weighted by Crippen LogP contribution is -2.21. The van der Waals surface area contributed by atoms with Gasteiger partial charge < -0.3 is 10.3 Å². The number of nitrogens with two attached hydrogens (primary N) is 1. The molecule has 0 bridgehead atoms. The predicted molar refractivity (Wildman–Crippen MR) is 74.7 cm³/mol. The fourth-order valence-corrected chi connectivity index (χ4v) is 2.06. The second-order valence-electron chi connectivity index (χ2n) is 5.34. The molecule has 2 rings (SSSR count). The summed E-state index contributed by atoms with van der Waals surface area (Å²) in [7, 11) is 0. The van der Waals surface area contributed by atoms with Crippen LogP contribution in [0.1, 0.15) is 56.9 Å². The van der Waals surface area contributed by atoms with Gasteiger partial charge in [-0.25, -0.2) is 0 Å². The molecule has 0 spiro atoms. The maximum Gasteiger partial charge on any atom is 0.243 e. The van der Waals surface area contributed by atoms with Gasteiger partial charge in [0.2, 0.25) is 5.89 Å². The lowest BCUT2D eigenvalue weighted by Gasteiger charge is -2.20. The van der Waals surface area contributed by atoms with Gasteiger partial charge in [0.1, 0.15) is 0 Å². The van der Waals surface area contributed by atoms with Gasteiger partial charge in [0.15, 0.2) is 5.82 Å². The van der Waals surface area contributed by atoms with Crippen molar-refractivity contribution in [2.24, 2.45) is 5.73 Å². The second-order valence-corrected chi connectivity index (χ2v) is 5.34. The van der Waals surface area contributed by atoms with E-state index in [1.165, 1.54) is 0 Å². The molecule has 0 saturated carbocycles. The molecule has 4 nitrogen and oxygen atoms in total. The molecule has 0 aliphatic carbocycles. The zero-order chi connectivity index (χ0) is 13.9. The van der Waals surface area contributed by atoms with Crippen LogP contribution >= 0.6 is 0 Å². The number of benzene rings is 1. The summed E-state index contributed by atoms with van der Waals surface area (Å²) >= 11 is 0. The summed E-state index contributed by atoms with van der Waals surface area (Å²) in [6.07, 6.45) is 1.86. The fraction of sp³-hybridized carbons (Fsp3) is 0.467. The van der Waals surface area contributed by atoms with Gasteiger partial charge in [0, 0.05) is 0 Å². The van der Waals surface area contributed by atoms with Crippen LogP contribution in [0.4, 0.5) is 0 Å². The molecule has 1 aromatic carbocycles. The highest BCUT2D eigenvalue weighted by atomic mass is 16.5. The van der Waals surface area contributed by atoms with Crippen LogP contribution in [0, 0.1) is 0 Å². The highest BCUT2D eigenvalue weighted by Gasteiger charge is 2.29. The first-order chi connectivity index (χ1) is 9.05. The van der Waals surface area contributed by atoms with Gasteiger partial charge in [-0.2, -0.15) is 4.98 Å². The molecule has 2 aromatic rings. The van der Waals surface area contributed by atoms with Gasteiger partial charge in [-0.1, -0.05) is 48.8 Å². The van der Waals surface area contributed by atoms with Gasteiger partial charge in [-0.05, 0) is 25.8 Å². The van der Waals surface area contributed by atoms with Gasteiger partial charge in [0.25, 0.3) is 0 Å². The van der Waals surface area contributed by atoms with Crippen molar-refractivity contribution in [3.05, 3.63) is 47.6 Å². The first-order valence-electron chi connectivity index (χ1n) is 6.71. The standard InChI is InChI=1S/C15H21N3O/c1-4-8-12(16)13-17-14(18-19-13)15(2,3)11-9-6-5-7-10-11/h5-7,9-10,12H,4,8,16H2,1-3H3/t12-/m0/s1. The first kappa shape index (κ1) is 13.7. The van der Waals surface area contributed by atoms with E-state index < -0.39 is 0 Å². The SMILES string of the molecule is CCC[C@H](N)c1nc(C(C)(C)c2ccccc2)no1. The van der Waals surface area contributed by atoms with E-state index in [9.17, 15) is 0 Å². The molecule has 19 heavy (non-hydrogen) atoms. The summed E-state index contributed by atoms with van der Waals surface area (Å²) in [6, 6.07) is 10.0. The van der Waals surface area contributed by atoms with Crippen molar-refractivity contribution in [2.45, 2.75) is 45.1 Å². The monoisotopic (exact) mass is 259 g/mol. The molecule has 0 unspecified atom stereocenters. The zero-order valence-corrected chi connectivity index (χ0v) is 11.8. The van der Waals surface area contributed by atoms with E-state index in [0.29, 0.717) is 11.7 Å². The van der Waals surface area contributed by atoms with Crippen LogP contribution in [0.3, 0.4) is 0 Å². The number of aromatic nitrogens is 2. The largest absolute Gasteiger partial charge is 0.338 e. The van der Waals surface area contributed by atoms with Crippen molar-refractivity contribution in [3.63, 3.8) is 0 Å². The number of nitrogens with zero attached hydrogens (tertiary/aromatic N) is 2. The third kappa shape index (κ3) is 2.84. The smallest absolute Gasteiger partial charge is 0.243 e. The van der Waals surface area contributed by atoms with E-state index in [0.717, 1.165) is 18.4 Å². The summed E-state index contributed by atoms with van der Waals surface area (Å²) in [4.78, 5) is 4.47. The number of hydrogen-bond acceptors (Lipinski definition) is 4. The van der Waals surface area contributed by atoms with E-state index in [1.54, 1.807) is 0 Å². The van der Waals surface area contributed by atoms with Crippen LogP contribution in [0.25, 0.3) is 0 Å². The second kappa shape index (κ2) is 5.53. The van der Waals surface area contributed by atoms with Crippen LogP contribution in [0.2, 0.25) is 0 Å². The minimum Gasteiger partial charge on any atom is -0.338 e. The Kier molecular flexibility index (Phi) is 4.00. The minimum atomic E-state index is -0.283. The first-order valence-corrected chi connectivity index (χ1v) is 6.71. The summed E-state index contributed by atoms with van der Waals surface area (Å²) in [6.45, 7) is 6.26. The van der Waals surface area contributed by atoms with Crippen molar-refractivity contribution < 1.29 is 4.52 Å². The molecule has 0 aliphatic rings. The predicted octanol–water partition coefficient (Wildman–Crippen LogP) is 3.20. The number of rotatable bonds is 5. The molecule has 0 amide bonds. The molecule has 1 aromatic heterocycles. The van der Waals surface area contributed by atoms with Crippen molar-refractivity contribution in [2.75, 3.05) is 0 Å². The van der Waals surface area contributed by atoms with Crippen LogP contribution in [0.15, 0.2) is 34.9 Å². The van der Waals surface area contributed by atoms with E-state index >= 15 is 0 Å². The highest BCUT2D eigenvalue weighted by molar-refractivity contribution is 5.30.